The molecule has 0 radical (unpaired) electrons. The molecule has 0 N–H and O–H groups in total. The Bertz CT molecular complexity index is 1470. The Hall–Kier alpha value is -4.21. The SMILES string of the molecule is Cn1c(N2N=C(c3ccccc3)CC2c2ccc(Cl)cc2)nc(-c2ccccc2)c(C#N)c1=O. The van der Waals surface area contributed by atoms with E-state index in [-0.39, 0.29) is 11.6 Å². The molecule has 1 atom stereocenters. The maximum atomic E-state index is 13.2. The summed E-state index contributed by atoms with van der Waals surface area (Å²) in [6, 6.07) is 28.7. The number of rotatable bonds is 4. The van der Waals surface area contributed by atoms with Crippen LogP contribution in [0.15, 0.2) is 94.8 Å². The molecule has 3 aromatic carbocycles. The summed E-state index contributed by atoms with van der Waals surface area (Å²) in [6.45, 7) is 0. The van der Waals surface area contributed by atoms with E-state index in [9.17, 15) is 10.1 Å². The van der Waals surface area contributed by atoms with Gasteiger partial charge in [-0.05, 0) is 23.3 Å². The second-order valence-corrected chi connectivity index (χ2v) is 8.44. The van der Waals surface area contributed by atoms with Crippen molar-refractivity contribution in [1.29, 1.82) is 5.26 Å². The highest BCUT2D eigenvalue weighted by atomic mass is 35.5. The van der Waals surface area contributed by atoms with Crippen LogP contribution in [0.3, 0.4) is 0 Å². The lowest BCUT2D eigenvalue weighted by atomic mass is 9.98. The minimum Gasteiger partial charge on any atom is -0.279 e. The van der Waals surface area contributed by atoms with Gasteiger partial charge in [-0.25, -0.2) is 9.99 Å². The maximum absolute atomic E-state index is 13.2. The second-order valence-electron chi connectivity index (χ2n) is 8.01. The largest absolute Gasteiger partial charge is 0.279 e. The first-order chi connectivity index (χ1) is 16.6. The Kier molecular flexibility index (Phi) is 5.70. The van der Waals surface area contributed by atoms with Gasteiger partial charge in [-0.1, -0.05) is 84.4 Å². The van der Waals surface area contributed by atoms with E-state index in [1.165, 1.54) is 4.57 Å². The molecule has 0 saturated carbocycles. The van der Waals surface area contributed by atoms with E-state index >= 15 is 0 Å². The molecular formula is C27H20ClN5O. The third-order valence-electron chi connectivity index (χ3n) is 5.90. The number of benzene rings is 3. The Balaban J connectivity index is 1.71. The van der Waals surface area contributed by atoms with E-state index in [0.717, 1.165) is 16.8 Å². The summed E-state index contributed by atoms with van der Waals surface area (Å²) < 4.78 is 1.39. The Labute approximate surface area is 202 Å². The lowest BCUT2D eigenvalue weighted by Gasteiger charge is -2.25. The van der Waals surface area contributed by atoms with Crippen molar-refractivity contribution in [2.45, 2.75) is 12.5 Å². The first-order valence-electron chi connectivity index (χ1n) is 10.8. The van der Waals surface area contributed by atoms with Crippen LogP contribution in [0, 0.1) is 11.3 Å². The molecule has 34 heavy (non-hydrogen) atoms. The van der Waals surface area contributed by atoms with Gasteiger partial charge in [0.1, 0.15) is 11.6 Å². The van der Waals surface area contributed by atoms with Gasteiger partial charge in [0, 0.05) is 24.1 Å². The summed E-state index contributed by atoms with van der Waals surface area (Å²) in [7, 11) is 1.62. The zero-order valence-electron chi connectivity index (χ0n) is 18.4. The predicted octanol–water partition coefficient (Wildman–Crippen LogP) is 5.33. The summed E-state index contributed by atoms with van der Waals surface area (Å²) in [5.41, 5.74) is 3.54. The summed E-state index contributed by atoms with van der Waals surface area (Å²) >= 11 is 6.13. The summed E-state index contributed by atoms with van der Waals surface area (Å²) in [6.07, 6.45) is 0.627. The highest BCUT2D eigenvalue weighted by molar-refractivity contribution is 6.30. The monoisotopic (exact) mass is 465 g/mol. The fourth-order valence-electron chi connectivity index (χ4n) is 4.15. The van der Waals surface area contributed by atoms with Crippen LogP contribution in [0.25, 0.3) is 11.3 Å². The van der Waals surface area contributed by atoms with Crippen LogP contribution < -0.4 is 10.6 Å². The van der Waals surface area contributed by atoms with Gasteiger partial charge in [0.15, 0.2) is 0 Å². The van der Waals surface area contributed by atoms with Crippen LogP contribution in [0.2, 0.25) is 5.02 Å². The molecule has 0 bridgehead atoms. The van der Waals surface area contributed by atoms with Crippen LogP contribution in [-0.2, 0) is 7.05 Å². The van der Waals surface area contributed by atoms with Crippen LogP contribution in [-0.4, -0.2) is 15.3 Å². The molecule has 0 fully saturated rings. The number of hydrazone groups is 1. The molecule has 1 unspecified atom stereocenters. The van der Waals surface area contributed by atoms with Gasteiger partial charge in [-0.3, -0.25) is 9.36 Å². The third-order valence-corrected chi connectivity index (χ3v) is 6.16. The molecule has 7 heteroatoms. The second kappa shape index (κ2) is 8.97. The Morgan fingerprint density at radius 1 is 0.941 bits per heavy atom. The molecule has 1 aromatic heterocycles. The highest BCUT2D eigenvalue weighted by Gasteiger charge is 2.33. The number of nitriles is 1. The van der Waals surface area contributed by atoms with Gasteiger partial charge in [-0.2, -0.15) is 10.4 Å². The first kappa shape index (κ1) is 21.6. The van der Waals surface area contributed by atoms with Crippen LogP contribution in [0.4, 0.5) is 5.95 Å². The zero-order valence-corrected chi connectivity index (χ0v) is 19.1. The standard InChI is InChI=1S/C27H20ClN5O/c1-32-26(34)22(17-29)25(20-10-6-3-7-11-20)30-27(32)33-24(19-12-14-21(28)15-13-19)16-23(31-33)18-8-4-2-5-9-18/h2-15,24H,16H2,1H3. The van der Waals surface area contributed by atoms with Gasteiger partial charge in [0.05, 0.1) is 17.4 Å². The molecule has 6 nitrogen and oxygen atoms in total. The van der Waals surface area contributed by atoms with E-state index < -0.39 is 5.56 Å². The van der Waals surface area contributed by atoms with Crippen molar-refractivity contribution in [2.24, 2.45) is 12.1 Å². The number of halogens is 1. The molecule has 0 spiro atoms. The van der Waals surface area contributed by atoms with Crippen LogP contribution >= 0.6 is 11.6 Å². The lowest BCUT2D eigenvalue weighted by Crippen LogP contribution is -2.31. The number of aromatic nitrogens is 2. The fraction of sp³-hybridized carbons (Fsp3) is 0.111. The number of nitrogens with zero attached hydrogens (tertiary/aromatic N) is 5. The smallest absolute Gasteiger partial charge is 0.273 e. The molecule has 5 rings (SSSR count). The molecular weight excluding hydrogens is 446 g/mol. The number of hydrogen-bond donors (Lipinski definition) is 0. The van der Waals surface area contributed by atoms with Crippen molar-refractivity contribution in [3.8, 4) is 17.3 Å². The third kappa shape index (κ3) is 3.87. The van der Waals surface area contributed by atoms with Gasteiger partial charge in [0.2, 0.25) is 5.95 Å². The predicted molar refractivity (Wildman–Crippen MR) is 134 cm³/mol. The Morgan fingerprint density at radius 2 is 1.56 bits per heavy atom. The molecule has 1 aliphatic heterocycles. The molecule has 2 heterocycles. The first-order valence-corrected chi connectivity index (χ1v) is 11.2. The molecule has 166 valence electrons. The lowest BCUT2D eigenvalue weighted by molar-refractivity contribution is 0.652. The minimum absolute atomic E-state index is 0.00644. The normalized spacial score (nSPS) is 15.1. The molecule has 4 aromatic rings. The summed E-state index contributed by atoms with van der Waals surface area (Å²) in [4.78, 5) is 18.0. The fourth-order valence-corrected chi connectivity index (χ4v) is 4.27. The van der Waals surface area contributed by atoms with Crippen LogP contribution in [0.1, 0.15) is 29.2 Å². The number of hydrogen-bond acceptors (Lipinski definition) is 5. The molecule has 1 aliphatic rings. The van der Waals surface area contributed by atoms with E-state index in [2.05, 4.69) is 0 Å². The van der Waals surface area contributed by atoms with E-state index in [1.54, 1.807) is 12.1 Å². The van der Waals surface area contributed by atoms with Crippen molar-refractivity contribution < 1.29 is 0 Å². The quantitative estimate of drug-likeness (QED) is 0.408. The highest BCUT2D eigenvalue weighted by Crippen LogP contribution is 2.36. The van der Waals surface area contributed by atoms with Gasteiger partial charge in [0.25, 0.3) is 5.56 Å². The van der Waals surface area contributed by atoms with Gasteiger partial charge < -0.3 is 0 Å². The average Bonchev–Trinajstić information content (AvgIpc) is 3.32. The van der Waals surface area contributed by atoms with E-state index in [0.29, 0.717) is 28.6 Å². The summed E-state index contributed by atoms with van der Waals surface area (Å²) in [5.74, 6) is 0.369. The van der Waals surface area contributed by atoms with E-state index in [1.807, 2.05) is 91.0 Å². The van der Waals surface area contributed by atoms with Crippen molar-refractivity contribution in [3.63, 3.8) is 0 Å². The van der Waals surface area contributed by atoms with Gasteiger partial charge in [-0.15, -0.1) is 0 Å². The molecule has 0 aliphatic carbocycles. The van der Waals surface area contributed by atoms with Crippen molar-refractivity contribution >= 4 is 23.3 Å². The maximum Gasteiger partial charge on any atom is 0.273 e. The van der Waals surface area contributed by atoms with Crippen molar-refractivity contribution in [3.05, 3.63) is 117 Å². The topological polar surface area (TPSA) is 74.3 Å². The average molecular weight is 466 g/mol. The van der Waals surface area contributed by atoms with Crippen molar-refractivity contribution in [2.75, 3.05) is 5.01 Å². The Morgan fingerprint density at radius 3 is 2.18 bits per heavy atom. The molecule has 0 saturated heterocycles. The minimum atomic E-state index is -0.412. The zero-order chi connectivity index (χ0) is 23.7. The van der Waals surface area contributed by atoms with Gasteiger partial charge >= 0.3 is 0 Å². The molecule has 0 amide bonds. The van der Waals surface area contributed by atoms with Crippen molar-refractivity contribution in [1.82, 2.24) is 9.55 Å². The van der Waals surface area contributed by atoms with Crippen LogP contribution in [0.5, 0.6) is 0 Å². The number of anilines is 1. The van der Waals surface area contributed by atoms with E-state index in [4.69, 9.17) is 21.7 Å². The summed E-state index contributed by atoms with van der Waals surface area (Å²) in [5, 5.41) is 17.1.